The average molecular weight is 346 g/mol. The van der Waals surface area contributed by atoms with Gasteiger partial charge in [0.15, 0.2) is 0 Å². The Labute approximate surface area is 153 Å². The summed E-state index contributed by atoms with van der Waals surface area (Å²) in [7, 11) is 1.62. The quantitative estimate of drug-likeness (QED) is 0.658. The molecule has 0 spiro atoms. The fourth-order valence-electron chi connectivity index (χ4n) is 2.83. The molecule has 0 atom stereocenters. The van der Waals surface area contributed by atoms with Gasteiger partial charge in [0.2, 0.25) is 0 Å². The van der Waals surface area contributed by atoms with Gasteiger partial charge in [0, 0.05) is 5.69 Å². The molecule has 0 aromatic heterocycles. The zero-order valence-corrected chi connectivity index (χ0v) is 15.2. The van der Waals surface area contributed by atoms with Crippen molar-refractivity contribution in [2.24, 2.45) is 0 Å². The molecule has 4 nitrogen and oxygen atoms in total. The lowest BCUT2D eigenvalue weighted by Gasteiger charge is -2.15. The number of rotatable bonds is 5. The molecule has 0 bridgehead atoms. The van der Waals surface area contributed by atoms with Crippen LogP contribution in [0.4, 0.5) is 17.1 Å². The molecule has 132 valence electrons. The minimum absolute atomic E-state index is 0.157. The van der Waals surface area contributed by atoms with Crippen LogP contribution in [0.5, 0.6) is 5.75 Å². The van der Waals surface area contributed by atoms with Crippen LogP contribution in [0.15, 0.2) is 66.7 Å². The van der Waals surface area contributed by atoms with E-state index in [1.807, 2.05) is 68.4 Å². The van der Waals surface area contributed by atoms with E-state index in [1.54, 1.807) is 13.2 Å². The van der Waals surface area contributed by atoms with Gasteiger partial charge in [0.25, 0.3) is 5.91 Å². The third-order valence-electron chi connectivity index (χ3n) is 4.18. The third-order valence-corrected chi connectivity index (χ3v) is 4.18. The number of benzene rings is 3. The molecular weight excluding hydrogens is 324 g/mol. The Balaban J connectivity index is 1.88. The predicted molar refractivity (Wildman–Crippen MR) is 107 cm³/mol. The molecule has 3 aromatic carbocycles. The van der Waals surface area contributed by atoms with Crippen molar-refractivity contribution in [3.05, 3.63) is 83.4 Å². The Bertz CT molecular complexity index is 935. The third kappa shape index (κ3) is 3.86. The first-order valence-electron chi connectivity index (χ1n) is 8.46. The fourth-order valence-corrected chi connectivity index (χ4v) is 2.83. The van der Waals surface area contributed by atoms with Crippen LogP contribution in [0, 0.1) is 13.8 Å². The number of nitrogens with one attached hydrogen (secondary N) is 2. The molecule has 4 heteroatoms. The summed E-state index contributed by atoms with van der Waals surface area (Å²) in [5, 5.41) is 6.29. The number of ether oxygens (including phenoxy) is 1. The summed E-state index contributed by atoms with van der Waals surface area (Å²) in [5.74, 6) is 0.562. The van der Waals surface area contributed by atoms with Gasteiger partial charge in [0.05, 0.1) is 24.0 Å². The summed E-state index contributed by atoms with van der Waals surface area (Å²) >= 11 is 0. The maximum absolute atomic E-state index is 12.8. The molecule has 0 heterocycles. The molecule has 0 saturated carbocycles. The van der Waals surface area contributed by atoms with Crippen molar-refractivity contribution in [2.45, 2.75) is 13.8 Å². The lowest BCUT2D eigenvalue weighted by Crippen LogP contribution is -2.14. The molecule has 0 aliphatic rings. The number of carbonyl (C=O) groups excluding carboxylic acids is 1. The van der Waals surface area contributed by atoms with Crippen molar-refractivity contribution in [1.29, 1.82) is 0 Å². The standard InChI is InChI=1S/C22H22N2O2/c1-15-12-13-18(16(2)14-15)24-22(25)17-8-4-5-9-19(17)23-20-10-6-7-11-21(20)26-3/h4-14,23H,1-3H3,(H,24,25). The van der Waals surface area contributed by atoms with Gasteiger partial charge in [-0.25, -0.2) is 0 Å². The van der Waals surface area contributed by atoms with Crippen molar-refractivity contribution >= 4 is 23.0 Å². The van der Waals surface area contributed by atoms with Crippen LogP contribution in [0.2, 0.25) is 0 Å². The molecular formula is C22H22N2O2. The maximum Gasteiger partial charge on any atom is 0.257 e. The molecule has 26 heavy (non-hydrogen) atoms. The summed E-state index contributed by atoms with van der Waals surface area (Å²) in [6, 6.07) is 21.0. The van der Waals surface area contributed by atoms with E-state index in [0.717, 1.165) is 28.4 Å². The van der Waals surface area contributed by atoms with Crippen LogP contribution < -0.4 is 15.4 Å². The monoisotopic (exact) mass is 346 g/mol. The van der Waals surface area contributed by atoms with Crippen LogP contribution in [0.1, 0.15) is 21.5 Å². The molecule has 0 radical (unpaired) electrons. The Morgan fingerprint density at radius 3 is 2.27 bits per heavy atom. The predicted octanol–water partition coefficient (Wildman–Crippen LogP) is 5.31. The van der Waals surface area contributed by atoms with E-state index < -0.39 is 0 Å². The van der Waals surface area contributed by atoms with Crippen molar-refractivity contribution in [3.63, 3.8) is 0 Å². The van der Waals surface area contributed by atoms with Gasteiger partial charge in [-0.15, -0.1) is 0 Å². The van der Waals surface area contributed by atoms with Gasteiger partial charge in [-0.3, -0.25) is 4.79 Å². The number of hydrogen-bond donors (Lipinski definition) is 2. The van der Waals surface area contributed by atoms with Crippen LogP contribution in [0.25, 0.3) is 0 Å². The molecule has 0 aliphatic heterocycles. The second-order valence-electron chi connectivity index (χ2n) is 6.14. The number of hydrogen-bond acceptors (Lipinski definition) is 3. The SMILES string of the molecule is COc1ccccc1Nc1ccccc1C(=O)Nc1ccc(C)cc1C. The minimum Gasteiger partial charge on any atom is -0.495 e. The Morgan fingerprint density at radius 2 is 1.54 bits per heavy atom. The van der Waals surface area contributed by atoms with E-state index in [2.05, 4.69) is 16.7 Å². The number of amides is 1. The Morgan fingerprint density at radius 1 is 0.846 bits per heavy atom. The zero-order valence-electron chi connectivity index (χ0n) is 15.2. The first-order valence-corrected chi connectivity index (χ1v) is 8.46. The average Bonchev–Trinajstić information content (AvgIpc) is 2.65. The van der Waals surface area contributed by atoms with E-state index in [-0.39, 0.29) is 5.91 Å². The van der Waals surface area contributed by atoms with Crippen LogP contribution in [-0.4, -0.2) is 13.0 Å². The summed E-state index contributed by atoms with van der Waals surface area (Å²) < 4.78 is 5.38. The van der Waals surface area contributed by atoms with Gasteiger partial charge in [-0.05, 0) is 49.7 Å². The second-order valence-corrected chi connectivity index (χ2v) is 6.14. The highest BCUT2D eigenvalue weighted by atomic mass is 16.5. The molecule has 1 amide bonds. The fraction of sp³-hybridized carbons (Fsp3) is 0.136. The molecule has 0 aliphatic carbocycles. The van der Waals surface area contributed by atoms with Gasteiger partial charge in [-0.2, -0.15) is 0 Å². The number of carbonyl (C=O) groups is 1. The van der Waals surface area contributed by atoms with Crippen LogP contribution >= 0.6 is 0 Å². The number of para-hydroxylation sites is 3. The summed E-state index contributed by atoms with van der Waals surface area (Å²) in [6.45, 7) is 4.02. The summed E-state index contributed by atoms with van der Waals surface area (Å²) in [6.07, 6.45) is 0. The van der Waals surface area contributed by atoms with E-state index in [9.17, 15) is 4.79 Å². The molecule has 0 fully saturated rings. The number of methoxy groups -OCH3 is 1. The molecule has 0 saturated heterocycles. The molecule has 3 rings (SSSR count). The molecule has 3 aromatic rings. The highest BCUT2D eigenvalue weighted by Gasteiger charge is 2.13. The van der Waals surface area contributed by atoms with E-state index in [4.69, 9.17) is 4.74 Å². The van der Waals surface area contributed by atoms with Gasteiger partial charge < -0.3 is 15.4 Å². The second kappa shape index (κ2) is 7.74. The number of aryl methyl sites for hydroxylation is 2. The normalized spacial score (nSPS) is 10.3. The largest absolute Gasteiger partial charge is 0.495 e. The highest BCUT2D eigenvalue weighted by Crippen LogP contribution is 2.29. The minimum atomic E-state index is -0.157. The molecule has 2 N–H and O–H groups in total. The van der Waals surface area contributed by atoms with E-state index >= 15 is 0 Å². The maximum atomic E-state index is 12.8. The van der Waals surface area contributed by atoms with E-state index in [0.29, 0.717) is 5.56 Å². The lowest BCUT2D eigenvalue weighted by molar-refractivity contribution is 0.102. The Hall–Kier alpha value is -3.27. The molecule has 0 unspecified atom stereocenters. The Kier molecular flexibility index (Phi) is 5.23. The van der Waals surface area contributed by atoms with Gasteiger partial charge >= 0.3 is 0 Å². The van der Waals surface area contributed by atoms with Crippen molar-refractivity contribution in [2.75, 3.05) is 17.7 Å². The zero-order chi connectivity index (χ0) is 18.5. The van der Waals surface area contributed by atoms with Crippen LogP contribution in [-0.2, 0) is 0 Å². The van der Waals surface area contributed by atoms with Gasteiger partial charge in [0.1, 0.15) is 5.75 Å². The smallest absolute Gasteiger partial charge is 0.257 e. The number of anilines is 3. The first kappa shape index (κ1) is 17.5. The first-order chi connectivity index (χ1) is 12.6. The summed E-state index contributed by atoms with van der Waals surface area (Å²) in [4.78, 5) is 12.8. The highest BCUT2D eigenvalue weighted by molar-refractivity contribution is 6.08. The summed E-state index contributed by atoms with van der Waals surface area (Å²) in [5.41, 5.74) is 5.11. The van der Waals surface area contributed by atoms with Crippen molar-refractivity contribution in [3.8, 4) is 5.75 Å². The van der Waals surface area contributed by atoms with Gasteiger partial charge in [-0.1, -0.05) is 42.0 Å². The van der Waals surface area contributed by atoms with Crippen molar-refractivity contribution < 1.29 is 9.53 Å². The van der Waals surface area contributed by atoms with Crippen molar-refractivity contribution in [1.82, 2.24) is 0 Å². The lowest BCUT2D eigenvalue weighted by atomic mass is 10.1. The van der Waals surface area contributed by atoms with E-state index in [1.165, 1.54) is 5.56 Å². The van der Waals surface area contributed by atoms with Crippen LogP contribution in [0.3, 0.4) is 0 Å². The topological polar surface area (TPSA) is 50.4 Å².